The van der Waals surface area contributed by atoms with Crippen LogP contribution in [0.4, 0.5) is 13.2 Å². The first-order chi connectivity index (χ1) is 5.89. The monoisotopic (exact) mass is 193 g/mol. The molecule has 1 aliphatic rings. The van der Waals surface area contributed by atoms with Gasteiger partial charge < -0.3 is 5.11 Å². The van der Waals surface area contributed by atoms with Crippen LogP contribution in [0.3, 0.4) is 0 Å². The average Bonchev–Trinajstić information content (AvgIpc) is 2.32. The zero-order chi connectivity index (χ0) is 10.1. The summed E-state index contributed by atoms with van der Waals surface area (Å²) in [5.74, 6) is 2.25. The minimum absolute atomic E-state index is 0.151. The highest BCUT2D eigenvalue weighted by atomic mass is 19.4. The van der Waals surface area contributed by atoms with E-state index in [0.717, 1.165) is 0 Å². The van der Waals surface area contributed by atoms with E-state index in [-0.39, 0.29) is 19.5 Å². The van der Waals surface area contributed by atoms with Gasteiger partial charge in [-0.3, -0.25) is 4.90 Å². The lowest BCUT2D eigenvalue weighted by Gasteiger charge is -2.25. The number of terminal acetylenes is 1. The quantitative estimate of drug-likeness (QED) is 0.617. The molecule has 0 radical (unpaired) electrons. The molecule has 0 aromatic carbocycles. The van der Waals surface area contributed by atoms with Gasteiger partial charge in [0.2, 0.25) is 0 Å². The van der Waals surface area contributed by atoms with Crippen molar-refractivity contribution in [2.75, 3.05) is 19.6 Å². The molecular weight excluding hydrogens is 183 g/mol. The summed E-state index contributed by atoms with van der Waals surface area (Å²) in [6.07, 6.45) is 0.0988. The van der Waals surface area contributed by atoms with Crippen molar-refractivity contribution < 1.29 is 18.3 Å². The van der Waals surface area contributed by atoms with E-state index >= 15 is 0 Å². The number of nitrogens with zero attached hydrogens (tertiary/aromatic N) is 1. The summed E-state index contributed by atoms with van der Waals surface area (Å²) < 4.78 is 36.7. The second-order valence-corrected chi connectivity index (χ2v) is 3.19. The van der Waals surface area contributed by atoms with E-state index in [1.54, 1.807) is 0 Å². The standard InChI is InChI=1S/C8H10F3NO/c1-2-4-12-5-3-7(13,6-12)8(9,10)11/h1,13H,3-6H2. The molecule has 1 unspecified atom stereocenters. The van der Waals surface area contributed by atoms with Gasteiger partial charge in [0.25, 0.3) is 0 Å². The number of aliphatic hydroxyl groups is 1. The summed E-state index contributed by atoms with van der Waals surface area (Å²) in [7, 11) is 0. The molecule has 1 rings (SSSR count). The Labute approximate surface area is 74.3 Å². The van der Waals surface area contributed by atoms with Gasteiger partial charge in [0.15, 0.2) is 5.60 Å². The van der Waals surface area contributed by atoms with E-state index in [0.29, 0.717) is 0 Å². The van der Waals surface area contributed by atoms with E-state index in [4.69, 9.17) is 6.42 Å². The van der Waals surface area contributed by atoms with Gasteiger partial charge >= 0.3 is 6.18 Å². The van der Waals surface area contributed by atoms with Crippen molar-refractivity contribution in [3.63, 3.8) is 0 Å². The van der Waals surface area contributed by atoms with Gasteiger partial charge in [0, 0.05) is 13.1 Å². The summed E-state index contributed by atoms with van der Waals surface area (Å²) in [5.41, 5.74) is -2.57. The molecule has 74 valence electrons. The van der Waals surface area contributed by atoms with E-state index < -0.39 is 18.3 Å². The van der Waals surface area contributed by atoms with Crippen molar-refractivity contribution in [2.24, 2.45) is 0 Å². The molecule has 0 saturated carbocycles. The first-order valence-electron chi connectivity index (χ1n) is 3.84. The van der Waals surface area contributed by atoms with Crippen molar-refractivity contribution in [1.82, 2.24) is 4.90 Å². The van der Waals surface area contributed by atoms with Crippen LogP contribution in [0, 0.1) is 12.3 Å². The van der Waals surface area contributed by atoms with Crippen LogP contribution < -0.4 is 0 Å². The van der Waals surface area contributed by atoms with Crippen molar-refractivity contribution in [3.05, 3.63) is 0 Å². The first kappa shape index (κ1) is 10.4. The number of likely N-dealkylation sites (tertiary alicyclic amines) is 1. The topological polar surface area (TPSA) is 23.5 Å². The maximum absolute atomic E-state index is 12.2. The number of alkyl halides is 3. The number of β-amino-alcohol motifs (C(OH)–C–C–N with tert-alkyl or cyclic N) is 1. The molecular formula is C8H10F3NO. The molecule has 0 bridgehead atoms. The Bertz CT molecular complexity index is 233. The second kappa shape index (κ2) is 3.20. The molecule has 0 amide bonds. The van der Waals surface area contributed by atoms with E-state index in [1.807, 2.05) is 0 Å². The zero-order valence-electron chi connectivity index (χ0n) is 6.93. The van der Waals surface area contributed by atoms with Crippen LogP contribution >= 0.6 is 0 Å². The highest BCUT2D eigenvalue weighted by Gasteiger charge is 2.56. The van der Waals surface area contributed by atoms with Gasteiger partial charge in [0.05, 0.1) is 6.54 Å². The van der Waals surface area contributed by atoms with Crippen molar-refractivity contribution in [1.29, 1.82) is 0 Å². The third-order valence-corrected chi connectivity index (χ3v) is 2.17. The lowest BCUT2D eigenvalue weighted by molar-refractivity contribution is -0.253. The summed E-state index contributed by atoms with van der Waals surface area (Å²) in [4.78, 5) is 1.41. The zero-order valence-corrected chi connectivity index (χ0v) is 6.93. The number of halogens is 3. The van der Waals surface area contributed by atoms with E-state index in [2.05, 4.69) is 5.92 Å². The highest BCUT2D eigenvalue weighted by Crippen LogP contribution is 2.37. The SMILES string of the molecule is C#CCN1CCC(O)(C(F)(F)F)C1. The first-order valence-corrected chi connectivity index (χ1v) is 3.84. The Hall–Kier alpha value is -0.730. The normalized spacial score (nSPS) is 30.4. The summed E-state index contributed by atoms with van der Waals surface area (Å²) in [6.45, 7) is -0.0701. The van der Waals surface area contributed by atoms with Crippen molar-refractivity contribution in [2.45, 2.75) is 18.2 Å². The molecule has 1 heterocycles. The van der Waals surface area contributed by atoms with E-state index in [9.17, 15) is 18.3 Å². The third kappa shape index (κ3) is 1.95. The number of rotatable bonds is 1. The molecule has 1 saturated heterocycles. The van der Waals surface area contributed by atoms with Crippen LogP contribution in [0.15, 0.2) is 0 Å². The fraction of sp³-hybridized carbons (Fsp3) is 0.750. The average molecular weight is 193 g/mol. The fourth-order valence-electron chi connectivity index (χ4n) is 1.37. The van der Waals surface area contributed by atoms with Gasteiger partial charge in [-0.1, -0.05) is 5.92 Å². The van der Waals surface area contributed by atoms with Crippen LogP contribution in [0.1, 0.15) is 6.42 Å². The van der Waals surface area contributed by atoms with Gasteiger partial charge in [-0.25, -0.2) is 0 Å². The number of hydrogen-bond donors (Lipinski definition) is 1. The lowest BCUT2D eigenvalue weighted by Crippen LogP contribution is -2.47. The van der Waals surface area contributed by atoms with Crippen LogP contribution in [0.5, 0.6) is 0 Å². The Balaban J connectivity index is 2.63. The molecule has 0 aromatic rings. The largest absolute Gasteiger partial charge is 0.418 e. The Morgan fingerprint density at radius 1 is 1.54 bits per heavy atom. The Morgan fingerprint density at radius 3 is 2.54 bits per heavy atom. The molecule has 1 N–H and O–H groups in total. The molecule has 13 heavy (non-hydrogen) atoms. The molecule has 1 aliphatic heterocycles. The Kier molecular flexibility index (Phi) is 2.55. The Morgan fingerprint density at radius 2 is 2.15 bits per heavy atom. The van der Waals surface area contributed by atoms with Gasteiger partial charge in [0.1, 0.15) is 0 Å². The molecule has 2 nitrogen and oxygen atoms in total. The predicted molar refractivity (Wildman–Crippen MR) is 40.9 cm³/mol. The molecule has 1 atom stereocenters. The van der Waals surface area contributed by atoms with Crippen LogP contribution in [-0.2, 0) is 0 Å². The molecule has 5 heteroatoms. The van der Waals surface area contributed by atoms with Crippen LogP contribution in [0.2, 0.25) is 0 Å². The summed E-state index contributed by atoms with van der Waals surface area (Å²) in [6, 6.07) is 0. The summed E-state index contributed by atoms with van der Waals surface area (Å²) in [5, 5.41) is 9.19. The molecule has 0 spiro atoms. The maximum Gasteiger partial charge on any atom is 0.418 e. The van der Waals surface area contributed by atoms with Gasteiger partial charge in [-0.2, -0.15) is 13.2 Å². The van der Waals surface area contributed by atoms with E-state index in [1.165, 1.54) is 4.90 Å². The minimum Gasteiger partial charge on any atom is -0.379 e. The van der Waals surface area contributed by atoms with Crippen molar-refractivity contribution in [3.8, 4) is 12.3 Å². The van der Waals surface area contributed by atoms with Crippen LogP contribution in [-0.4, -0.2) is 41.4 Å². The predicted octanol–water partition coefficient (Wildman–Crippen LogP) is 0.619. The van der Waals surface area contributed by atoms with Crippen LogP contribution in [0.25, 0.3) is 0 Å². The van der Waals surface area contributed by atoms with Gasteiger partial charge in [-0.05, 0) is 6.42 Å². The van der Waals surface area contributed by atoms with Crippen molar-refractivity contribution >= 4 is 0 Å². The third-order valence-electron chi connectivity index (χ3n) is 2.17. The second-order valence-electron chi connectivity index (χ2n) is 3.19. The molecule has 1 fully saturated rings. The minimum atomic E-state index is -4.56. The van der Waals surface area contributed by atoms with Gasteiger partial charge in [-0.15, -0.1) is 6.42 Å². The number of hydrogen-bond acceptors (Lipinski definition) is 2. The smallest absolute Gasteiger partial charge is 0.379 e. The summed E-state index contributed by atoms with van der Waals surface area (Å²) >= 11 is 0. The maximum atomic E-state index is 12.2. The molecule has 0 aliphatic carbocycles. The highest BCUT2D eigenvalue weighted by molar-refractivity contribution is 4.99. The fourth-order valence-corrected chi connectivity index (χ4v) is 1.37. The lowest BCUT2D eigenvalue weighted by atomic mass is 10.0. The molecule has 0 aromatic heterocycles.